The van der Waals surface area contributed by atoms with Gasteiger partial charge in [-0.1, -0.05) is 29.4 Å². The van der Waals surface area contributed by atoms with Crippen LogP contribution in [-0.2, 0) is 4.84 Å². The zero-order chi connectivity index (χ0) is 19.6. The summed E-state index contributed by atoms with van der Waals surface area (Å²) in [4.78, 5) is 7.51. The van der Waals surface area contributed by atoms with Crippen LogP contribution in [0.3, 0.4) is 0 Å². The normalized spacial score (nSPS) is 24.4. The van der Waals surface area contributed by atoms with Crippen LogP contribution < -0.4 is 5.32 Å². The topological polar surface area (TPSA) is 36.9 Å². The van der Waals surface area contributed by atoms with Crippen LogP contribution in [0.2, 0.25) is 0 Å². The van der Waals surface area contributed by atoms with Crippen LogP contribution in [0.1, 0.15) is 30.0 Å². The number of rotatable bonds is 4. The molecule has 2 aliphatic heterocycles. The highest BCUT2D eigenvalue weighted by molar-refractivity contribution is 5.91. The van der Waals surface area contributed by atoms with Crippen LogP contribution >= 0.6 is 0 Å². The van der Waals surface area contributed by atoms with Gasteiger partial charge in [0.25, 0.3) is 0 Å². The zero-order valence-electron chi connectivity index (χ0n) is 16.0. The van der Waals surface area contributed by atoms with Crippen molar-refractivity contribution >= 4 is 5.71 Å². The molecule has 4 rings (SSSR count). The summed E-state index contributed by atoms with van der Waals surface area (Å²) in [6, 6.07) is 13.1. The lowest BCUT2D eigenvalue weighted by molar-refractivity contribution is 0.198. The van der Waals surface area contributed by atoms with E-state index in [0.717, 1.165) is 55.9 Å². The Labute approximate surface area is 164 Å². The van der Waals surface area contributed by atoms with Gasteiger partial charge in [0.15, 0.2) is 0 Å². The molecule has 6 heteroatoms. The second-order valence-electron chi connectivity index (χ2n) is 7.65. The van der Waals surface area contributed by atoms with Gasteiger partial charge in [0.2, 0.25) is 0 Å². The summed E-state index contributed by atoms with van der Waals surface area (Å²) in [5.41, 5.74) is 3.04. The summed E-state index contributed by atoms with van der Waals surface area (Å²) in [7, 11) is 1.59. The van der Waals surface area contributed by atoms with Gasteiger partial charge in [-0.25, -0.2) is 8.78 Å². The number of nitrogens with one attached hydrogen (secondary N) is 1. The Morgan fingerprint density at radius 2 is 1.64 bits per heavy atom. The van der Waals surface area contributed by atoms with Crippen LogP contribution in [0, 0.1) is 17.0 Å². The highest BCUT2D eigenvalue weighted by atomic mass is 19.1. The van der Waals surface area contributed by atoms with E-state index in [1.54, 1.807) is 7.11 Å². The second-order valence-corrected chi connectivity index (χ2v) is 7.65. The van der Waals surface area contributed by atoms with Gasteiger partial charge in [0.05, 0.1) is 11.8 Å². The first-order chi connectivity index (χ1) is 13.6. The third-order valence-corrected chi connectivity index (χ3v) is 5.94. The monoisotopic (exact) mass is 385 g/mol. The number of hydrogen-bond acceptors (Lipinski definition) is 4. The van der Waals surface area contributed by atoms with E-state index < -0.39 is 0 Å². The van der Waals surface area contributed by atoms with Crippen molar-refractivity contribution in [3.63, 3.8) is 0 Å². The molecule has 1 N–H and O–H groups in total. The summed E-state index contributed by atoms with van der Waals surface area (Å²) in [5, 5.41) is 7.83. The number of piperidine rings is 1. The lowest BCUT2D eigenvalue weighted by atomic mass is 9.78. The number of halogens is 2. The van der Waals surface area contributed by atoms with Gasteiger partial charge in [-0.05, 0) is 41.8 Å². The van der Waals surface area contributed by atoms with Crippen molar-refractivity contribution in [1.29, 1.82) is 0 Å². The first-order valence-corrected chi connectivity index (χ1v) is 9.67. The fourth-order valence-corrected chi connectivity index (χ4v) is 4.56. The molecular weight excluding hydrogens is 360 g/mol. The van der Waals surface area contributed by atoms with Gasteiger partial charge in [-0.15, -0.1) is 0 Å². The summed E-state index contributed by atoms with van der Waals surface area (Å²) in [5.74, 6) is -0.518. The fraction of sp³-hybridized carbons (Fsp3) is 0.409. The van der Waals surface area contributed by atoms with Crippen molar-refractivity contribution in [2.75, 3.05) is 33.3 Å². The molecular formula is C22H25F2N3O. The van der Waals surface area contributed by atoms with Crippen LogP contribution in [0.4, 0.5) is 8.78 Å². The van der Waals surface area contributed by atoms with E-state index in [1.807, 2.05) is 24.3 Å². The number of hydrogen-bond donors (Lipinski definition) is 1. The van der Waals surface area contributed by atoms with Gasteiger partial charge < -0.3 is 10.2 Å². The first kappa shape index (κ1) is 19.0. The van der Waals surface area contributed by atoms with Gasteiger partial charge in [0, 0.05) is 38.0 Å². The SMILES string of the molecule is CO/N=C1\CCNC[C@]12CCN(C(c1ccc(F)cc1)c1ccc(F)cc1)C2. The van der Waals surface area contributed by atoms with Crippen molar-refractivity contribution < 1.29 is 13.6 Å². The van der Waals surface area contributed by atoms with Gasteiger partial charge in [0.1, 0.15) is 18.7 Å². The minimum atomic E-state index is -0.259. The molecule has 0 saturated carbocycles. The van der Waals surface area contributed by atoms with Gasteiger partial charge in [-0.2, -0.15) is 0 Å². The molecule has 2 aliphatic rings. The van der Waals surface area contributed by atoms with E-state index in [9.17, 15) is 8.78 Å². The summed E-state index contributed by atoms with van der Waals surface area (Å²) in [6.07, 6.45) is 1.85. The van der Waals surface area contributed by atoms with Crippen molar-refractivity contribution in [1.82, 2.24) is 10.2 Å². The molecule has 0 aromatic heterocycles. The van der Waals surface area contributed by atoms with Crippen LogP contribution in [0.25, 0.3) is 0 Å². The Kier molecular flexibility index (Phi) is 5.42. The third kappa shape index (κ3) is 3.66. The Bertz CT molecular complexity index is 792. The molecule has 2 aromatic carbocycles. The van der Waals surface area contributed by atoms with Gasteiger partial charge in [-0.3, -0.25) is 4.90 Å². The minimum absolute atomic E-state index is 0.0629. The smallest absolute Gasteiger partial charge is 0.123 e. The largest absolute Gasteiger partial charge is 0.399 e. The molecule has 0 radical (unpaired) electrons. The van der Waals surface area contributed by atoms with Crippen molar-refractivity contribution in [2.45, 2.75) is 18.9 Å². The van der Waals surface area contributed by atoms with Crippen molar-refractivity contribution in [3.8, 4) is 0 Å². The minimum Gasteiger partial charge on any atom is -0.399 e. The number of oxime groups is 1. The molecule has 2 saturated heterocycles. The van der Waals surface area contributed by atoms with E-state index in [1.165, 1.54) is 24.3 Å². The predicted molar refractivity (Wildman–Crippen MR) is 105 cm³/mol. The number of nitrogens with zero attached hydrogens (tertiary/aromatic N) is 2. The molecule has 0 bridgehead atoms. The van der Waals surface area contributed by atoms with Crippen LogP contribution in [0.5, 0.6) is 0 Å². The Hall–Kier alpha value is -2.31. The average molecular weight is 385 g/mol. The molecule has 2 aromatic rings. The average Bonchev–Trinajstić information content (AvgIpc) is 3.11. The van der Waals surface area contributed by atoms with Crippen molar-refractivity contribution in [2.24, 2.45) is 10.6 Å². The standard InChI is InChI=1S/C22H25F2N3O/c1-28-26-20-10-12-25-14-22(20)11-13-27(15-22)21(16-2-6-18(23)7-3-16)17-4-8-19(24)9-5-17/h2-9,21,25H,10-15H2,1H3/b26-20+/t22-/m0/s1. The number of likely N-dealkylation sites (tertiary alicyclic amines) is 1. The highest BCUT2D eigenvalue weighted by Crippen LogP contribution is 2.41. The molecule has 0 amide bonds. The molecule has 28 heavy (non-hydrogen) atoms. The third-order valence-electron chi connectivity index (χ3n) is 5.94. The van der Waals surface area contributed by atoms with E-state index in [0.29, 0.717) is 0 Å². The molecule has 1 atom stereocenters. The summed E-state index contributed by atoms with van der Waals surface area (Å²) >= 11 is 0. The number of benzene rings is 2. The maximum absolute atomic E-state index is 13.5. The molecule has 0 unspecified atom stereocenters. The lowest BCUT2D eigenvalue weighted by Crippen LogP contribution is -2.49. The quantitative estimate of drug-likeness (QED) is 0.815. The molecule has 148 valence electrons. The molecule has 1 spiro atoms. The first-order valence-electron chi connectivity index (χ1n) is 9.67. The maximum atomic E-state index is 13.5. The lowest BCUT2D eigenvalue weighted by Gasteiger charge is -2.36. The molecule has 2 fully saturated rings. The second kappa shape index (κ2) is 7.97. The Balaban J connectivity index is 1.68. The molecule has 4 nitrogen and oxygen atoms in total. The highest BCUT2D eigenvalue weighted by Gasteiger charge is 2.46. The fourth-order valence-electron chi connectivity index (χ4n) is 4.56. The summed E-state index contributed by atoms with van der Waals surface area (Å²) in [6.45, 7) is 3.47. The van der Waals surface area contributed by atoms with E-state index in [4.69, 9.17) is 4.84 Å². The van der Waals surface area contributed by atoms with Gasteiger partial charge >= 0.3 is 0 Å². The van der Waals surface area contributed by atoms with Crippen LogP contribution in [-0.4, -0.2) is 43.9 Å². The Morgan fingerprint density at radius 1 is 1.04 bits per heavy atom. The molecule has 0 aliphatic carbocycles. The van der Waals surface area contributed by atoms with E-state index >= 15 is 0 Å². The zero-order valence-corrected chi connectivity index (χ0v) is 16.0. The molecule has 2 heterocycles. The summed E-state index contributed by atoms with van der Waals surface area (Å²) < 4.78 is 27.0. The van der Waals surface area contributed by atoms with E-state index in [2.05, 4.69) is 15.4 Å². The Morgan fingerprint density at radius 3 is 2.21 bits per heavy atom. The van der Waals surface area contributed by atoms with E-state index in [-0.39, 0.29) is 23.1 Å². The predicted octanol–water partition coefficient (Wildman–Crippen LogP) is 3.74. The van der Waals surface area contributed by atoms with Crippen molar-refractivity contribution in [3.05, 3.63) is 71.3 Å². The maximum Gasteiger partial charge on any atom is 0.123 e. The van der Waals surface area contributed by atoms with Crippen LogP contribution in [0.15, 0.2) is 53.7 Å².